The molecular weight excluding hydrogens is 272 g/mol. The molecule has 15 heavy (non-hydrogen) atoms. The molecule has 0 amide bonds. The first-order valence-electron chi connectivity index (χ1n) is 5.41. The summed E-state index contributed by atoms with van der Waals surface area (Å²) in [5.74, 6) is 0. The first-order valence-corrected chi connectivity index (χ1v) is 7.09. The number of nitrogens with two attached hydrogens (primary N) is 1. The van der Waals surface area contributed by atoms with Gasteiger partial charge in [0.2, 0.25) is 0 Å². The lowest BCUT2D eigenvalue weighted by molar-refractivity contribution is 0.526. The van der Waals surface area contributed by atoms with Gasteiger partial charge in [-0.15, -0.1) is 11.3 Å². The van der Waals surface area contributed by atoms with Crippen LogP contribution in [-0.2, 0) is 6.54 Å². The predicted octanol–water partition coefficient (Wildman–Crippen LogP) is 3.12. The SMILES string of the molecule is CCCCC(N)CNCc1cc(Br)cs1. The highest BCUT2D eigenvalue weighted by atomic mass is 79.9. The number of rotatable bonds is 7. The fourth-order valence-electron chi connectivity index (χ4n) is 1.40. The lowest BCUT2D eigenvalue weighted by Crippen LogP contribution is -2.33. The van der Waals surface area contributed by atoms with E-state index >= 15 is 0 Å². The molecule has 0 saturated carbocycles. The molecule has 1 aromatic rings. The van der Waals surface area contributed by atoms with E-state index in [2.05, 4.69) is 39.6 Å². The topological polar surface area (TPSA) is 38.0 Å². The summed E-state index contributed by atoms with van der Waals surface area (Å²) in [6.07, 6.45) is 3.58. The molecule has 1 rings (SSSR count). The zero-order chi connectivity index (χ0) is 11.1. The van der Waals surface area contributed by atoms with Gasteiger partial charge in [-0.2, -0.15) is 0 Å². The van der Waals surface area contributed by atoms with Crippen molar-refractivity contribution >= 4 is 27.3 Å². The van der Waals surface area contributed by atoms with Gasteiger partial charge in [0, 0.05) is 33.9 Å². The summed E-state index contributed by atoms with van der Waals surface area (Å²) >= 11 is 5.21. The molecule has 0 aliphatic carbocycles. The molecule has 0 aromatic carbocycles. The first kappa shape index (κ1) is 13.2. The maximum atomic E-state index is 5.96. The van der Waals surface area contributed by atoms with Gasteiger partial charge in [-0.25, -0.2) is 0 Å². The number of hydrogen-bond donors (Lipinski definition) is 2. The van der Waals surface area contributed by atoms with Crippen molar-refractivity contribution in [2.45, 2.75) is 38.8 Å². The third-order valence-electron chi connectivity index (χ3n) is 2.26. The summed E-state index contributed by atoms with van der Waals surface area (Å²) in [4.78, 5) is 1.35. The van der Waals surface area contributed by atoms with E-state index in [1.807, 2.05) is 0 Å². The van der Waals surface area contributed by atoms with Crippen LogP contribution < -0.4 is 11.1 Å². The van der Waals surface area contributed by atoms with E-state index in [-0.39, 0.29) is 0 Å². The number of hydrogen-bond acceptors (Lipinski definition) is 3. The van der Waals surface area contributed by atoms with Gasteiger partial charge in [-0.1, -0.05) is 19.8 Å². The summed E-state index contributed by atoms with van der Waals surface area (Å²) in [6, 6.07) is 2.45. The van der Waals surface area contributed by atoms with Gasteiger partial charge in [0.1, 0.15) is 0 Å². The molecule has 1 unspecified atom stereocenters. The Bertz CT molecular complexity index is 275. The summed E-state index contributed by atoms with van der Waals surface area (Å²) in [7, 11) is 0. The van der Waals surface area contributed by atoms with Gasteiger partial charge in [0.15, 0.2) is 0 Å². The van der Waals surface area contributed by atoms with Crippen molar-refractivity contribution < 1.29 is 0 Å². The molecule has 3 N–H and O–H groups in total. The quantitative estimate of drug-likeness (QED) is 0.810. The Hall–Kier alpha value is 0.1000. The normalized spacial score (nSPS) is 13.0. The van der Waals surface area contributed by atoms with Crippen LogP contribution >= 0.6 is 27.3 Å². The number of halogens is 1. The zero-order valence-corrected chi connectivity index (χ0v) is 11.5. The van der Waals surface area contributed by atoms with Crippen LogP contribution in [0.25, 0.3) is 0 Å². The van der Waals surface area contributed by atoms with Crippen molar-refractivity contribution in [2.75, 3.05) is 6.54 Å². The Labute approximate surface area is 104 Å². The van der Waals surface area contributed by atoms with Crippen LogP contribution in [0.4, 0.5) is 0 Å². The Morgan fingerprint density at radius 1 is 1.60 bits per heavy atom. The monoisotopic (exact) mass is 290 g/mol. The Morgan fingerprint density at radius 3 is 3.00 bits per heavy atom. The van der Waals surface area contributed by atoms with E-state index in [4.69, 9.17) is 5.73 Å². The lowest BCUT2D eigenvalue weighted by atomic mass is 10.1. The van der Waals surface area contributed by atoms with Crippen molar-refractivity contribution in [2.24, 2.45) is 5.73 Å². The van der Waals surface area contributed by atoms with Crippen LogP contribution in [0.15, 0.2) is 15.9 Å². The average Bonchev–Trinajstić information content (AvgIpc) is 2.61. The minimum absolute atomic E-state index is 0.299. The van der Waals surface area contributed by atoms with Gasteiger partial charge >= 0.3 is 0 Å². The molecule has 1 heterocycles. The largest absolute Gasteiger partial charge is 0.327 e. The Kier molecular flexibility index (Phi) is 6.48. The van der Waals surface area contributed by atoms with Gasteiger partial charge in [-0.05, 0) is 28.4 Å². The first-order chi connectivity index (χ1) is 7.22. The van der Waals surface area contributed by atoms with Gasteiger partial charge in [-0.3, -0.25) is 0 Å². The van der Waals surface area contributed by atoms with Crippen molar-refractivity contribution in [1.29, 1.82) is 0 Å². The van der Waals surface area contributed by atoms with Crippen LogP contribution in [0.2, 0.25) is 0 Å². The molecular formula is C11H19BrN2S. The second kappa shape index (κ2) is 7.39. The Morgan fingerprint density at radius 2 is 2.40 bits per heavy atom. The molecule has 1 atom stereocenters. The Balaban J connectivity index is 2.10. The van der Waals surface area contributed by atoms with Gasteiger partial charge in [0.05, 0.1) is 0 Å². The maximum Gasteiger partial charge on any atom is 0.0300 e. The van der Waals surface area contributed by atoms with E-state index < -0.39 is 0 Å². The van der Waals surface area contributed by atoms with Crippen LogP contribution in [0.5, 0.6) is 0 Å². The second-order valence-electron chi connectivity index (χ2n) is 3.76. The van der Waals surface area contributed by atoms with E-state index in [1.165, 1.54) is 22.2 Å². The molecule has 0 saturated heterocycles. The van der Waals surface area contributed by atoms with E-state index in [0.717, 1.165) is 19.5 Å². The van der Waals surface area contributed by atoms with E-state index in [0.29, 0.717) is 6.04 Å². The molecule has 86 valence electrons. The van der Waals surface area contributed by atoms with E-state index in [1.54, 1.807) is 11.3 Å². The van der Waals surface area contributed by atoms with Crippen molar-refractivity contribution in [3.05, 3.63) is 20.8 Å². The molecule has 2 nitrogen and oxygen atoms in total. The summed E-state index contributed by atoms with van der Waals surface area (Å²) < 4.78 is 1.17. The highest BCUT2D eigenvalue weighted by Crippen LogP contribution is 2.19. The minimum atomic E-state index is 0.299. The highest BCUT2D eigenvalue weighted by Gasteiger charge is 2.02. The van der Waals surface area contributed by atoms with Crippen molar-refractivity contribution in [3.8, 4) is 0 Å². The lowest BCUT2D eigenvalue weighted by Gasteiger charge is -2.11. The molecule has 0 aliphatic rings. The van der Waals surface area contributed by atoms with E-state index in [9.17, 15) is 0 Å². The van der Waals surface area contributed by atoms with Gasteiger partial charge in [0.25, 0.3) is 0 Å². The maximum absolute atomic E-state index is 5.96. The second-order valence-corrected chi connectivity index (χ2v) is 5.68. The number of thiophene rings is 1. The molecule has 0 aliphatic heterocycles. The number of nitrogens with one attached hydrogen (secondary N) is 1. The average molecular weight is 291 g/mol. The van der Waals surface area contributed by atoms with Crippen LogP contribution in [-0.4, -0.2) is 12.6 Å². The van der Waals surface area contributed by atoms with Crippen molar-refractivity contribution in [1.82, 2.24) is 5.32 Å². The number of unbranched alkanes of at least 4 members (excludes halogenated alkanes) is 1. The van der Waals surface area contributed by atoms with Crippen LogP contribution in [0, 0.1) is 0 Å². The summed E-state index contributed by atoms with van der Waals surface area (Å²) in [5, 5.41) is 5.49. The molecule has 0 radical (unpaired) electrons. The molecule has 0 spiro atoms. The fourth-order valence-corrected chi connectivity index (χ4v) is 2.82. The predicted molar refractivity (Wildman–Crippen MR) is 71.2 cm³/mol. The van der Waals surface area contributed by atoms with Crippen LogP contribution in [0.3, 0.4) is 0 Å². The zero-order valence-electron chi connectivity index (χ0n) is 9.13. The van der Waals surface area contributed by atoms with Crippen LogP contribution in [0.1, 0.15) is 31.1 Å². The smallest absolute Gasteiger partial charge is 0.0300 e. The minimum Gasteiger partial charge on any atom is -0.327 e. The fraction of sp³-hybridized carbons (Fsp3) is 0.636. The molecule has 0 fully saturated rings. The summed E-state index contributed by atoms with van der Waals surface area (Å²) in [6.45, 7) is 4.04. The standard InChI is InChI=1S/C11H19BrN2S/c1-2-3-4-10(13)6-14-7-11-5-9(12)8-15-11/h5,8,10,14H,2-4,6-7,13H2,1H3. The third kappa shape index (κ3) is 5.66. The highest BCUT2D eigenvalue weighted by molar-refractivity contribution is 9.10. The molecule has 1 aromatic heterocycles. The van der Waals surface area contributed by atoms with Gasteiger partial charge < -0.3 is 11.1 Å². The molecule has 0 bridgehead atoms. The van der Waals surface area contributed by atoms with Crippen molar-refractivity contribution in [3.63, 3.8) is 0 Å². The molecule has 4 heteroatoms. The summed E-state index contributed by atoms with van der Waals surface area (Å²) in [5.41, 5.74) is 5.96. The third-order valence-corrected chi connectivity index (χ3v) is 3.95.